The van der Waals surface area contributed by atoms with Crippen molar-refractivity contribution in [3.63, 3.8) is 0 Å². The van der Waals surface area contributed by atoms with Crippen LogP contribution in [0.5, 0.6) is 0 Å². The normalized spacial score (nSPS) is 10.3. The van der Waals surface area contributed by atoms with E-state index in [-0.39, 0.29) is 12.0 Å². The van der Waals surface area contributed by atoms with Gasteiger partial charge in [-0.2, -0.15) is 0 Å². The second kappa shape index (κ2) is 11.5. The molecule has 0 heterocycles. The lowest BCUT2D eigenvalue weighted by atomic mass is 10.0. The molecule has 0 radical (unpaired) electrons. The average Bonchev–Trinajstić information content (AvgIpc) is 2.58. The number of benzene rings is 1. The van der Waals surface area contributed by atoms with Crippen LogP contribution in [-0.2, 0) is 16.0 Å². The Bertz CT molecular complexity index is 529. The lowest BCUT2D eigenvalue weighted by Crippen LogP contribution is -2.29. The molecule has 2 amide bonds. The molecule has 1 rings (SSSR count). The van der Waals surface area contributed by atoms with Gasteiger partial charge in [-0.05, 0) is 49.8 Å². The van der Waals surface area contributed by atoms with Crippen molar-refractivity contribution in [2.24, 2.45) is 0 Å². The summed E-state index contributed by atoms with van der Waals surface area (Å²) >= 11 is 0. The van der Waals surface area contributed by atoms with Gasteiger partial charge in [-0.25, -0.2) is 4.79 Å². The minimum absolute atomic E-state index is 0.182. The van der Waals surface area contributed by atoms with Gasteiger partial charge < -0.3 is 15.4 Å². The number of anilines is 1. The molecule has 0 aromatic heterocycles. The van der Waals surface area contributed by atoms with Crippen molar-refractivity contribution >= 4 is 17.7 Å². The van der Waals surface area contributed by atoms with Gasteiger partial charge in [0.2, 0.25) is 0 Å². The molecule has 0 saturated heterocycles. The molecule has 0 bridgehead atoms. The van der Waals surface area contributed by atoms with Crippen LogP contribution in [0.25, 0.3) is 0 Å². The highest BCUT2D eigenvalue weighted by Crippen LogP contribution is 2.17. The number of carbonyl (C=O) groups is 2. The molecule has 0 fully saturated rings. The van der Waals surface area contributed by atoms with E-state index in [1.807, 2.05) is 13.0 Å². The molecule has 24 heavy (non-hydrogen) atoms. The Morgan fingerprint density at radius 1 is 1.12 bits per heavy atom. The third-order valence-electron chi connectivity index (χ3n) is 3.93. The van der Waals surface area contributed by atoms with E-state index in [1.165, 1.54) is 25.5 Å². The van der Waals surface area contributed by atoms with E-state index in [9.17, 15) is 9.59 Å². The number of urea groups is 1. The van der Waals surface area contributed by atoms with Gasteiger partial charge in [0, 0.05) is 18.7 Å². The third kappa shape index (κ3) is 7.99. The number of esters is 1. The average molecular weight is 334 g/mol. The highest BCUT2D eigenvalue weighted by molar-refractivity contribution is 5.90. The standard InChI is InChI=1S/C19H30N2O3/c1-4-5-9-16-11-12-17(15(2)14-16)21-19(23)20-13-8-6-7-10-18(22)24-3/h11-12,14H,4-10,13H2,1-3H3,(H2,20,21,23). The first-order valence-corrected chi connectivity index (χ1v) is 8.78. The minimum Gasteiger partial charge on any atom is -0.469 e. The zero-order chi connectivity index (χ0) is 17.8. The Labute approximate surface area is 145 Å². The lowest BCUT2D eigenvalue weighted by Gasteiger charge is -2.11. The van der Waals surface area contributed by atoms with E-state index >= 15 is 0 Å². The molecule has 2 N–H and O–H groups in total. The number of aryl methyl sites for hydroxylation is 2. The Morgan fingerprint density at radius 2 is 1.92 bits per heavy atom. The van der Waals surface area contributed by atoms with Crippen molar-refractivity contribution in [1.82, 2.24) is 5.32 Å². The molecule has 0 unspecified atom stereocenters. The van der Waals surface area contributed by atoms with Crippen molar-refractivity contribution in [3.05, 3.63) is 29.3 Å². The molecule has 5 nitrogen and oxygen atoms in total. The number of carbonyl (C=O) groups excluding carboxylic acids is 2. The van der Waals surface area contributed by atoms with Gasteiger partial charge in [-0.15, -0.1) is 0 Å². The first-order chi connectivity index (χ1) is 11.6. The second-order valence-corrected chi connectivity index (χ2v) is 6.02. The van der Waals surface area contributed by atoms with Gasteiger partial charge >= 0.3 is 12.0 Å². The summed E-state index contributed by atoms with van der Waals surface area (Å²) in [6, 6.07) is 5.99. The highest BCUT2D eigenvalue weighted by Gasteiger charge is 2.05. The van der Waals surface area contributed by atoms with Crippen molar-refractivity contribution in [1.29, 1.82) is 0 Å². The van der Waals surface area contributed by atoms with Gasteiger partial charge in [0.15, 0.2) is 0 Å². The van der Waals surface area contributed by atoms with Crippen molar-refractivity contribution in [2.45, 2.75) is 58.8 Å². The highest BCUT2D eigenvalue weighted by atomic mass is 16.5. The third-order valence-corrected chi connectivity index (χ3v) is 3.93. The summed E-state index contributed by atoms with van der Waals surface area (Å²) in [4.78, 5) is 22.9. The summed E-state index contributed by atoms with van der Waals surface area (Å²) in [6.45, 7) is 4.79. The van der Waals surface area contributed by atoms with Crippen LogP contribution in [0.3, 0.4) is 0 Å². The van der Waals surface area contributed by atoms with Crippen molar-refractivity contribution < 1.29 is 14.3 Å². The number of unbranched alkanes of at least 4 members (excludes halogenated alkanes) is 3. The maximum Gasteiger partial charge on any atom is 0.319 e. The molecular formula is C19H30N2O3. The van der Waals surface area contributed by atoms with E-state index < -0.39 is 0 Å². The number of amides is 2. The van der Waals surface area contributed by atoms with Gasteiger partial charge in [-0.1, -0.05) is 31.9 Å². The topological polar surface area (TPSA) is 67.4 Å². The predicted molar refractivity (Wildman–Crippen MR) is 97.3 cm³/mol. The fourth-order valence-electron chi connectivity index (χ4n) is 2.44. The first-order valence-electron chi connectivity index (χ1n) is 8.78. The Kier molecular flexibility index (Phi) is 9.58. The summed E-state index contributed by atoms with van der Waals surface area (Å²) < 4.78 is 4.58. The molecule has 0 saturated carbocycles. The van der Waals surface area contributed by atoms with Crippen LogP contribution in [0, 0.1) is 6.92 Å². The number of ether oxygens (including phenoxy) is 1. The van der Waals surface area contributed by atoms with E-state index in [0.29, 0.717) is 13.0 Å². The molecule has 0 aliphatic carbocycles. The molecule has 5 heteroatoms. The van der Waals surface area contributed by atoms with Gasteiger partial charge in [0.05, 0.1) is 7.11 Å². The van der Waals surface area contributed by atoms with Gasteiger partial charge in [0.1, 0.15) is 0 Å². The number of hydrogen-bond acceptors (Lipinski definition) is 3. The summed E-state index contributed by atoms with van der Waals surface area (Å²) in [7, 11) is 1.40. The molecular weight excluding hydrogens is 304 g/mol. The number of methoxy groups -OCH3 is 1. The SMILES string of the molecule is CCCCc1ccc(NC(=O)NCCCCCC(=O)OC)c(C)c1. The maximum atomic E-state index is 11.9. The van der Waals surface area contributed by atoms with Crippen LogP contribution in [0.15, 0.2) is 18.2 Å². The zero-order valence-corrected chi connectivity index (χ0v) is 15.1. The zero-order valence-electron chi connectivity index (χ0n) is 15.1. The van der Waals surface area contributed by atoms with Gasteiger partial charge in [0.25, 0.3) is 0 Å². The fourth-order valence-corrected chi connectivity index (χ4v) is 2.44. The predicted octanol–water partition coefficient (Wildman–Crippen LogP) is 4.19. The van der Waals surface area contributed by atoms with Crippen LogP contribution in [0.4, 0.5) is 10.5 Å². The summed E-state index contributed by atoms with van der Waals surface area (Å²) in [5.41, 5.74) is 3.24. The van der Waals surface area contributed by atoms with E-state index in [4.69, 9.17) is 0 Å². The van der Waals surface area contributed by atoms with Crippen LogP contribution < -0.4 is 10.6 Å². The molecule has 1 aromatic rings. The van der Waals surface area contributed by atoms with E-state index in [0.717, 1.165) is 36.9 Å². The minimum atomic E-state index is -0.188. The monoisotopic (exact) mass is 334 g/mol. The van der Waals surface area contributed by atoms with Crippen LogP contribution in [0.1, 0.15) is 56.6 Å². The second-order valence-electron chi connectivity index (χ2n) is 6.02. The Balaban J connectivity index is 2.26. The Hall–Kier alpha value is -2.04. The van der Waals surface area contributed by atoms with Crippen molar-refractivity contribution in [2.75, 3.05) is 19.0 Å². The lowest BCUT2D eigenvalue weighted by molar-refractivity contribution is -0.140. The molecule has 0 aliphatic heterocycles. The van der Waals surface area contributed by atoms with Crippen LogP contribution in [0.2, 0.25) is 0 Å². The van der Waals surface area contributed by atoms with Crippen LogP contribution in [-0.4, -0.2) is 25.7 Å². The van der Waals surface area contributed by atoms with E-state index in [2.05, 4.69) is 34.4 Å². The number of hydrogen-bond donors (Lipinski definition) is 2. The summed E-state index contributed by atoms with van der Waals surface area (Å²) in [6.07, 6.45) is 6.40. The molecule has 0 atom stereocenters. The largest absolute Gasteiger partial charge is 0.469 e. The number of nitrogens with one attached hydrogen (secondary N) is 2. The molecule has 0 aliphatic rings. The first kappa shape index (κ1) is 20.0. The van der Waals surface area contributed by atoms with Gasteiger partial charge in [-0.3, -0.25) is 4.79 Å². The van der Waals surface area contributed by atoms with Crippen molar-refractivity contribution in [3.8, 4) is 0 Å². The Morgan fingerprint density at radius 3 is 2.58 bits per heavy atom. The summed E-state index contributed by atoms with van der Waals surface area (Å²) in [5.74, 6) is -0.182. The smallest absolute Gasteiger partial charge is 0.319 e. The molecule has 0 spiro atoms. The number of rotatable bonds is 10. The van der Waals surface area contributed by atoms with E-state index in [1.54, 1.807) is 0 Å². The fraction of sp³-hybridized carbons (Fsp3) is 0.579. The maximum absolute atomic E-state index is 11.9. The quantitative estimate of drug-likeness (QED) is 0.498. The molecule has 134 valence electrons. The molecule has 1 aromatic carbocycles. The van der Waals surface area contributed by atoms with Crippen LogP contribution >= 0.6 is 0 Å². The summed E-state index contributed by atoms with van der Waals surface area (Å²) in [5, 5.41) is 5.73.